The predicted molar refractivity (Wildman–Crippen MR) is 370 cm³/mol. The lowest BCUT2D eigenvalue weighted by atomic mass is 9.76. The van der Waals surface area contributed by atoms with Gasteiger partial charge in [0.15, 0.2) is 0 Å². The minimum absolute atomic E-state index is 0.00844. The normalized spacial score (nSPS) is 32.0. The summed E-state index contributed by atoms with van der Waals surface area (Å²) in [6.07, 6.45) is -23.1. The molecule has 0 radical (unpaired) electrons. The summed E-state index contributed by atoms with van der Waals surface area (Å²) in [5, 5.41) is 7.91. The molecule has 12 amide bonds. The number of carbonyl (C=O) groups is 12. The lowest BCUT2D eigenvalue weighted by Crippen LogP contribution is -2.65. The molecule has 36 heteroatoms. The van der Waals surface area contributed by atoms with Crippen molar-refractivity contribution in [2.75, 3.05) is 94.8 Å². The summed E-state index contributed by atoms with van der Waals surface area (Å²) in [5.41, 5.74) is -1.77. The Morgan fingerprint density at radius 2 is 1.15 bits per heavy atom. The molecule has 2 unspecified atom stereocenters. The van der Waals surface area contributed by atoms with Gasteiger partial charge in [0.1, 0.15) is 72.1 Å². The van der Waals surface area contributed by atoms with Crippen LogP contribution in [0.3, 0.4) is 0 Å². The van der Waals surface area contributed by atoms with Gasteiger partial charge in [-0.05, 0) is 139 Å². The standard InChI is InChI=1S/C73H109F11N12O13/c1-9-42(2)59-67(106)89(4)41-57(99)90(5)51-19-12-15-29-96(66(51)105)53(37-43-21-24-46(25-22-43)72(79,80)81)64(103)88(3)40-55(97)85-49(26-23-44-35-47(74)58(48(75)36-44)73(82,83)84)63(102)95-30-16-20-50(95)62(101)87-70(27-13-14-28-70)69(108)93(8)60(45-17-10-11-18-45)68(107)92(7)52(65(104)94-31-33-109-34-32-94)38-56(98)91(6)54(61(100)86-59)39-71(76,77)78/h42-54,58-60H,9-41H2,1-8H3,(H,85,97)(H,86,100)(H,87,101)/t42-,43?,44?,46?,47?,48?,49-,50-,51-,52-,53-,54-,58?,59-,60-/m0/s1. The first-order valence-electron chi connectivity index (χ1n) is 38.5. The molecule has 25 nitrogen and oxygen atoms in total. The van der Waals surface area contributed by atoms with Gasteiger partial charge in [-0.3, -0.25) is 57.5 Å². The topological polar surface area (TPSA) is 279 Å². The van der Waals surface area contributed by atoms with E-state index >= 15 is 37.5 Å². The smallest absolute Gasteiger partial charge is 0.378 e. The van der Waals surface area contributed by atoms with E-state index in [1.807, 2.05) is 0 Å². The Kier molecular flexibility index (Phi) is 29.7. The molecule has 616 valence electrons. The van der Waals surface area contributed by atoms with Crippen molar-refractivity contribution < 1.29 is 111 Å². The highest BCUT2D eigenvalue weighted by molar-refractivity contribution is 6.01. The van der Waals surface area contributed by atoms with Crippen LogP contribution in [0.2, 0.25) is 0 Å². The number of ether oxygens (including phenoxy) is 1. The zero-order valence-corrected chi connectivity index (χ0v) is 63.6. The number of likely N-dealkylation sites (N-methyl/N-ethyl adjacent to an activating group) is 6. The predicted octanol–water partition coefficient (Wildman–Crippen LogP) is 6.24. The third kappa shape index (κ3) is 21.3. The van der Waals surface area contributed by atoms with Crippen LogP contribution in [0.25, 0.3) is 0 Å². The number of nitrogens with zero attached hydrogens (tertiary/aromatic N) is 9. The number of amides is 12. The molecular formula is C73H109F11N12O13. The molecule has 8 rings (SSSR count). The second kappa shape index (κ2) is 37.0. The van der Waals surface area contributed by atoms with Gasteiger partial charge in [-0.25, -0.2) is 8.78 Å². The lowest BCUT2D eigenvalue weighted by Gasteiger charge is -2.42. The quantitative estimate of drug-likeness (QED) is 0.205. The van der Waals surface area contributed by atoms with E-state index in [0.29, 0.717) is 43.4 Å². The number of nitrogens with one attached hydrogen (secondary N) is 3. The van der Waals surface area contributed by atoms with Gasteiger partial charge in [0.25, 0.3) is 0 Å². The molecule has 4 saturated heterocycles. The van der Waals surface area contributed by atoms with Gasteiger partial charge in [0, 0.05) is 68.5 Å². The van der Waals surface area contributed by atoms with Crippen molar-refractivity contribution in [2.24, 2.45) is 35.5 Å². The van der Waals surface area contributed by atoms with Gasteiger partial charge in [-0.1, -0.05) is 46.0 Å². The molecular weight excluding hydrogens is 1460 g/mol. The summed E-state index contributed by atoms with van der Waals surface area (Å²) in [4.78, 5) is 189. The molecule has 109 heavy (non-hydrogen) atoms. The van der Waals surface area contributed by atoms with Crippen molar-refractivity contribution in [1.82, 2.24) is 60.0 Å². The Balaban J connectivity index is 1.19. The van der Waals surface area contributed by atoms with Crippen LogP contribution in [0, 0.1) is 35.5 Å². The third-order valence-corrected chi connectivity index (χ3v) is 24.4. The number of hydrogen-bond donors (Lipinski definition) is 3. The number of morpholine rings is 1. The molecule has 4 heterocycles. The number of fused-ring (bicyclic) bond motifs is 3. The van der Waals surface area contributed by atoms with E-state index in [2.05, 4.69) is 16.0 Å². The van der Waals surface area contributed by atoms with Crippen LogP contribution in [0.5, 0.6) is 0 Å². The zero-order chi connectivity index (χ0) is 80.5. The highest BCUT2D eigenvalue weighted by Gasteiger charge is 2.56. The molecule has 0 aromatic heterocycles. The number of halogens is 11. The van der Waals surface area contributed by atoms with Crippen molar-refractivity contribution >= 4 is 70.9 Å². The molecule has 4 aliphatic carbocycles. The van der Waals surface area contributed by atoms with Crippen molar-refractivity contribution in [2.45, 2.75) is 259 Å². The zero-order valence-electron chi connectivity index (χ0n) is 63.6. The van der Waals surface area contributed by atoms with Gasteiger partial charge in [0.2, 0.25) is 70.9 Å². The molecule has 1 spiro atoms. The fraction of sp³-hybridized carbons (Fsp3) is 0.836. The van der Waals surface area contributed by atoms with E-state index < -0.39 is 236 Å². The Labute approximate surface area is 628 Å². The molecule has 4 saturated carbocycles. The van der Waals surface area contributed by atoms with Crippen molar-refractivity contribution in [3.63, 3.8) is 0 Å². The molecule has 0 aromatic rings. The van der Waals surface area contributed by atoms with Crippen LogP contribution in [-0.2, 0) is 62.3 Å². The molecule has 2 bridgehead atoms. The van der Waals surface area contributed by atoms with Crippen LogP contribution in [0.1, 0.15) is 174 Å². The second-order valence-corrected chi connectivity index (χ2v) is 31.8. The van der Waals surface area contributed by atoms with Crippen molar-refractivity contribution in [1.29, 1.82) is 0 Å². The Morgan fingerprint density at radius 3 is 1.73 bits per heavy atom. The monoisotopic (exact) mass is 1570 g/mol. The van der Waals surface area contributed by atoms with E-state index in [1.165, 1.54) is 49.8 Å². The van der Waals surface area contributed by atoms with Gasteiger partial charge < -0.3 is 64.8 Å². The Hall–Kier alpha value is -7.17. The maximum absolute atomic E-state index is 15.6. The average Bonchev–Trinajstić information content (AvgIpc) is 1.73. The minimum atomic E-state index is -5.23. The molecule has 8 fully saturated rings. The fourth-order valence-corrected chi connectivity index (χ4v) is 17.7. The summed E-state index contributed by atoms with van der Waals surface area (Å²) in [5.74, 6) is -19.3. The molecule has 11 atom stereocenters. The van der Waals surface area contributed by atoms with Gasteiger partial charge in [-0.15, -0.1) is 0 Å². The number of carbonyl (C=O) groups excluding carboxylic acids is 12. The Bertz CT molecular complexity index is 3240. The molecule has 4 aliphatic heterocycles. The van der Waals surface area contributed by atoms with E-state index in [1.54, 1.807) is 6.92 Å². The Morgan fingerprint density at radius 1 is 0.560 bits per heavy atom. The summed E-state index contributed by atoms with van der Waals surface area (Å²) < 4.78 is 165. The summed E-state index contributed by atoms with van der Waals surface area (Å²) >= 11 is 0. The third-order valence-electron chi connectivity index (χ3n) is 24.4. The maximum Gasteiger partial charge on any atom is 0.397 e. The van der Waals surface area contributed by atoms with Crippen LogP contribution < -0.4 is 16.0 Å². The summed E-state index contributed by atoms with van der Waals surface area (Å²) in [6, 6.07) is -13.3. The van der Waals surface area contributed by atoms with Gasteiger partial charge >= 0.3 is 18.5 Å². The first kappa shape index (κ1) is 87.4. The van der Waals surface area contributed by atoms with Gasteiger partial charge in [-0.2, -0.15) is 39.5 Å². The molecule has 3 N–H and O–H groups in total. The number of alkyl halides is 11. The lowest BCUT2D eigenvalue weighted by molar-refractivity contribution is -0.219. The molecule has 0 aromatic carbocycles. The SMILES string of the molecule is CC[C@H](C)[C@@H]1NC(=O)[C@H](CC(F)(F)F)N(C)C(=O)C[C@@H](C(=O)N2CCOCC2)N(C)C(=O)[C@H](C2CCCC2)N(C)C(=O)C2(CCCC2)NC(=O)[C@@H]2CCCN2C(=O)[C@H](CCC2CC(F)C(C(F)(F)F)C(F)C2)NC(=O)CN(C)C(=O)[C@H](CC2CCC(C(F)(F)F)CC2)N2CCCC[C@@H](C2=O)N(C)C(=O)CN(C)C1=O. The fourth-order valence-electron chi connectivity index (χ4n) is 17.7. The average molecular weight is 1570 g/mol. The number of hydrogen-bond acceptors (Lipinski definition) is 13. The first-order valence-corrected chi connectivity index (χ1v) is 38.5. The van der Waals surface area contributed by atoms with Crippen LogP contribution in [0.15, 0.2) is 0 Å². The van der Waals surface area contributed by atoms with Crippen LogP contribution in [-0.4, -0.2) is 294 Å². The molecule has 8 aliphatic rings. The van der Waals surface area contributed by atoms with E-state index in [0.717, 1.165) is 38.6 Å². The minimum Gasteiger partial charge on any atom is -0.378 e. The van der Waals surface area contributed by atoms with Crippen molar-refractivity contribution in [3.05, 3.63) is 0 Å². The van der Waals surface area contributed by atoms with Crippen LogP contribution in [0.4, 0.5) is 48.3 Å². The summed E-state index contributed by atoms with van der Waals surface area (Å²) in [7, 11) is 7.03. The highest BCUT2D eigenvalue weighted by atomic mass is 19.4. The maximum atomic E-state index is 15.6. The second-order valence-electron chi connectivity index (χ2n) is 31.8. The largest absolute Gasteiger partial charge is 0.397 e. The number of rotatable bonds is 10. The van der Waals surface area contributed by atoms with E-state index in [9.17, 15) is 68.3 Å². The van der Waals surface area contributed by atoms with Crippen LogP contribution >= 0.6 is 0 Å². The first-order chi connectivity index (χ1) is 51.1. The highest BCUT2D eigenvalue weighted by Crippen LogP contribution is 2.46. The van der Waals surface area contributed by atoms with Gasteiger partial charge in [0.05, 0.1) is 45.1 Å². The van der Waals surface area contributed by atoms with E-state index in [-0.39, 0.29) is 129 Å². The van der Waals surface area contributed by atoms with E-state index in [4.69, 9.17) is 4.74 Å². The van der Waals surface area contributed by atoms with Crippen molar-refractivity contribution in [3.8, 4) is 0 Å². The summed E-state index contributed by atoms with van der Waals surface area (Å²) in [6.45, 7) is 1.10.